The van der Waals surface area contributed by atoms with Crippen LogP contribution >= 0.6 is 23.5 Å². The van der Waals surface area contributed by atoms with Gasteiger partial charge in [-0.1, -0.05) is 36.8 Å². The summed E-state index contributed by atoms with van der Waals surface area (Å²) in [7, 11) is -3.85. The standard InChI is InChI=1S/C20H22FN3O2S3/c1-4-27-20(28-5-2)18-12-15(21)8-11-17(18)19-13-24(23-22-19)29(25,26)16-9-6-14(3)7-10-16/h6-13,20H,4-5H2,1-3H3. The van der Waals surface area contributed by atoms with Crippen LogP contribution in [0.25, 0.3) is 11.3 Å². The van der Waals surface area contributed by atoms with Gasteiger partial charge in [0.25, 0.3) is 10.0 Å². The number of benzene rings is 2. The third-order valence-corrected chi connectivity index (χ3v) is 8.35. The van der Waals surface area contributed by atoms with E-state index in [0.29, 0.717) is 11.3 Å². The maximum absolute atomic E-state index is 14.0. The van der Waals surface area contributed by atoms with Crippen molar-refractivity contribution >= 4 is 33.5 Å². The van der Waals surface area contributed by atoms with Gasteiger partial charge in [-0.2, -0.15) is 8.42 Å². The molecule has 0 unspecified atom stereocenters. The van der Waals surface area contributed by atoms with Gasteiger partial charge >= 0.3 is 0 Å². The average molecular weight is 452 g/mol. The van der Waals surface area contributed by atoms with E-state index in [1.807, 2.05) is 6.92 Å². The molecule has 0 saturated heterocycles. The van der Waals surface area contributed by atoms with Crippen molar-refractivity contribution in [3.63, 3.8) is 0 Å². The summed E-state index contributed by atoms with van der Waals surface area (Å²) >= 11 is 3.41. The second-order valence-electron chi connectivity index (χ2n) is 6.27. The van der Waals surface area contributed by atoms with Crippen molar-refractivity contribution in [2.24, 2.45) is 0 Å². The van der Waals surface area contributed by atoms with Gasteiger partial charge in [-0.3, -0.25) is 0 Å². The largest absolute Gasteiger partial charge is 0.284 e. The minimum Gasteiger partial charge on any atom is -0.207 e. The second kappa shape index (κ2) is 9.32. The molecule has 0 saturated carbocycles. The molecule has 0 fully saturated rings. The smallest absolute Gasteiger partial charge is 0.207 e. The molecule has 0 aliphatic rings. The number of hydrogen-bond acceptors (Lipinski definition) is 6. The van der Waals surface area contributed by atoms with Crippen molar-refractivity contribution in [3.8, 4) is 11.3 Å². The Kier molecular flexibility index (Phi) is 7.02. The van der Waals surface area contributed by atoms with Gasteiger partial charge in [0, 0.05) is 5.56 Å². The van der Waals surface area contributed by atoms with Crippen LogP contribution in [-0.2, 0) is 10.0 Å². The van der Waals surface area contributed by atoms with Crippen molar-refractivity contribution < 1.29 is 12.8 Å². The molecule has 154 valence electrons. The van der Waals surface area contributed by atoms with Crippen LogP contribution in [0.1, 0.15) is 29.6 Å². The molecule has 0 spiro atoms. The van der Waals surface area contributed by atoms with Gasteiger partial charge in [0.1, 0.15) is 11.5 Å². The minimum absolute atomic E-state index is 0.0227. The van der Waals surface area contributed by atoms with Gasteiger partial charge in [-0.25, -0.2) is 4.39 Å². The summed E-state index contributed by atoms with van der Waals surface area (Å²) in [5.74, 6) is 1.42. The quantitative estimate of drug-likeness (QED) is 0.442. The third-order valence-electron chi connectivity index (χ3n) is 4.22. The van der Waals surface area contributed by atoms with Crippen LogP contribution < -0.4 is 0 Å². The Bertz CT molecular complexity index is 1080. The maximum atomic E-state index is 14.0. The Hall–Kier alpha value is -1.84. The molecule has 1 heterocycles. The lowest BCUT2D eigenvalue weighted by atomic mass is 10.1. The Balaban J connectivity index is 2.03. The Morgan fingerprint density at radius 2 is 1.72 bits per heavy atom. The fourth-order valence-electron chi connectivity index (χ4n) is 2.80. The third kappa shape index (κ3) is 4.84. The monoisotopic (exact) mass is 451 g/mol. The van der Waals surface area contributed by atoms with Gasteiger partial charge in [-0.15, -0.1) is 32.7 Å². The van der Waals surface area contributed by atoms with Gasteiger partial charge in [0.15, 0.2) is 0 Å². The molecule has 1 aromatic heterocycles. The summed E-state index contributed by atoms with van der Waals surface area (Å²) < 4.78 is 40.6. The normalized spacial score (nSPS) is 11.9. The molecular formula is C20H22FN3O2S3. The molecule has 0 aliphatic carbocycles. The predicted octanol–water partition coefficient (Wildman–Crippen LogP) is 5.13. The molecular weight excluding hydrogens is 429 g/mol. The molecule has 2 aromatic carbocycles. The Labute approximate surface area is 179 Å². The van der Waals surface area contributed by atoms with E-state index in [9.17, 15) is 12.8 Å². The number of rotatable bonds is 8. The van der Waals surface area contributed by atoms with Crippen molar-refractivity contribution in [3.05, 3.63) is 65.6 Å². The highest BCUT2D eigenvalue weighted by molar-refractivity contribution is 8.16. The summed E-state index contributed by atoms with van der Waals surface area (Å²) in [6.07, 6.45) is 1.39. The van der Waals surface area contributed by atoms with Crippen molar-refractivity contribution in [1.29, 1.82) is 0 Å². The second-order valence-corrected chi connectivity index (χ2v) is 11.1. The van der Waals surface area contributed by atoms with Crippen LogP contribution in [0.2, 0.25) is 0 Å². The van der Waals surface area contributed by atoms with E-state index in [0.717, 1.165) is 26.7 Å². The lowest BCUT2D eigenvalue weighted by Gasteiger charge is -2.18. The summed E-state index contributed by atoms with van der Waals surface area (Å²) in [6.45, 7) is 5.99. The topological polar surface area (TPSA) is 64.8 Å². The van der Waals surface area contributed by atoms with Crippen molar-refractivity contribution in [2.45, 2.75) is 30.2 Å². The van der Waals surface area contributed by atoms with Gasteiger partial charge in [0.2, 0.25) is 0 Å². The first-order valence-electron chi connectivity index (χ1n) is 9.14. The van der Waals surface area contributed by atoms with Gasteiger partial charge < -0.3 is 0 Å². The highest BCUT2D eigenvalue weighted by atomic mass is 32.2. The molecule has 0 N–H and O–H groups in total. The summed E-state index contributed by atoms with van der Waals surface area (Å²) in [5.41, 5.74) is 2.83. The molecule has 29 heavy (non-hydrogen) atoms. The number of aryl methyl sites for hydroxylation is 1. The molecule has 3 aromatic rings. The first kappa shape index (κ1) is 21.9. The highest BCUT2D eigenvalue weighted by Gasteiger charge is 2.23. The zero-order valence-corrected chi connectivity index (χ0v) is 18.8. The molecule has 5 nitrogen and oxygen atoms in total. The first-order valence-corrected chi connectivity index (χ1v) is 12.7. The van der Waals surface area contributed by atoms with E-state index in [-0.39, 0.29) is 15.3 Å². The van der Waals surface area contributed by atoms with Gasteiger partial charge in [-0.05, 0) is 54.3 Å². The van der Waals surface area contributed by atoms with E-state index in [1.54, 1.807) is 53.9 Å². The zero-order valence-electron chi connectivity index (χ0n) is 16.4. The minimum atomic E-state index is -3.85. The Morgan fingerprint density at radius 3 is 2.34 bits per heavy atom. The fourth-order valence-corrected chi connectivity index (χ4v) is 6.42. The van der Waals surface area contributed by atoms with Crippen LogP contribution in [0, 0.1) is 12.7 Å². The fraction of sp³-hybridized carbons (Fsp3) is 0.300. The lowest BCUT2D eigenvalue weighted by molar-refractivity contribution is 0.577. The van der Waals surface area contributed by atoms with E-state index < -0.39 is 10.0 Å². The SMILES string of the molecule is CCSC(SCC)c1cc(F)ccc1-c1cn(S(=O)(=O)c2ccc(C)cc2)nn1. The number of aromatic nitrogens is 3. The molecule has 0 radical (unpaired) electrons. The molecule has 3 rings (SSSR count). The van der Waals surface area contributed by atoms with Crippen LogP contribution in [0.4, 0.5) is 4.39 Å². The molecule has 0 amide bonds. The first-order chi connectivity index (χ1) is 13.9. The summed E-state index contributed by atoms with van der Waals surface area (Å²) in [4.78, 5) is 0.139. The van der Waals surface area contributed by atoms with Crippen LogP contribution in [0.5, 0.6) is 0 Å². The molecule has 9 heteroatoms. The highest BCUT2D eigenvalue weighted by Crippen LogP contribution is 2.43. The van der Waals surface area contributed by atoms with E-state index in [1.165, 1.54) is 18.3 Å². The Morgan fingerprint density at radius 1 is 1.07 bits per heavy atom. The summed E-state index contributed by atoms with van der Waals surface area (Å²) in [6, 6.07) is 11.0. The summed E-state index contributed by atoms with van der Waals surface area (Å²) in [5, 5.41) is 7.93. The van der Waals surface area contributed by atoms with Crippen LogP contribution in [0.3, 0.4) is 0 Å². The average Bonchev–Trinajstić information content (AvgIpc) is 3.19. The predicted molar refractivity (Wildman–Crippen MR) is 118 cm³/mol. The van der Waals surface area contributed by atoms with Gasteiger partial charge in [0.05, 0.1) is 15.7 Å². The van der Waals surface area contributed by atoms with E-state index >= 15 is 0 Å². The van der Waals surface area contributed by atoms with Crippen molar-refractivity contribution in [1.82, 2.24) is 14.4 Å². The zero-order chi connectivity index (χ0) is 21.0. The number of nitrogens with zero attached hydrogens (tertiary/aromatic N) is 3. The number of thioether (sulfide) groups is 2. The number of halogens is 1. The molecule has 0 atom stereocenters. The number of hydrogen-bond donors (Lipinski definition) is 0. The van der Waals surface area contributed by atoms with Crippen molar-refractivity contribution in [2.75, 3.05) is 11.5 Å². The van der Waals surface area contributed by atoms with E-state index in [2.05, 4.69) is 24.2 Å². The molecule has 0 bridgehead atoms. The van der Waals surface area contributed by atoms with E-state index in [4.69, 9.17) is 0 Å². The van der Waals surface area contributed by atoms with Crippen LogP contribution in [-0.4, -0.2) is 34.3 Å². The van der Waals surface area contributed by atoms with Crippen LogP contribution in [0.15, 0.2) is 53.6 Å². The molecule has 0 aliphatic heterocycles. The maximum Gasteiger partial charge on any atom is 0.284 e. The lowest BCUT2D eigenvalue weighted by Crippen LogP contribution is -2.13.